The van der Waals surface area contributed by atoms with Gasteiger partial charge < -0.3 is 0 Å². The molecule has 0 aliphatic heterocycles. The molecule has 1 aromatic heterocycles. The van der Waals surface area contributed by atoms with Crippen LogP contribution >= 0.6 is 11.3 Å². The molecule has 0 aliphatic rings. The highest BCUT2D eigenvalue weighted by Crippen LogP contribution is 2.27. The maximum absolute atomic E-state index is 5.55. The molecular weight excluding hydrogens is 192 g/mol. The second-order valence-electron chi connectivity index (χ2n) is 4.88. The highest BCUT2D eigenvalue weighted by Gasteiger charge is 2.15. The van der Waals surface area contributed by atoms with Crippen molar-refractivity contribution in [3.8, 4) is 0 Å². The molecule has 1 heterocycles. The molecule has 0 aliphatic carbocycles. The topological polar surface area (TPSA) is 38.0 Å². The molecule has 0 bridgehead atoms. The first-order chi connectivity index (χ1) is 6.53. The average Bonchev–Trinajstić information content (AvgIpc) is 2.56. The first-order valence-corrected chi connectivity index (χ1v) is 5.95. The van der Waals surface area contributed by atoms with Gasteiger partial charge in [0.15, 0.2) is 0 Å². The zero-order valence-electron chi connectivity index (χ0n) is 9.21. The summed E-state index contributed by atoms with van der Waals surface area (Å²) in [4.78, 5) is 0. The van der Waals surface area contributed by atoms with Crippen molar-refractivity contribution in [2.24, 2.45) is 11.3 Å². The van der Waals surface area contributed by atoms with Gasteiger partial charge in [0.1, 0.15) is 0 Å². The number of hydrazine groups is 1. The van der Waals surface area contributed by atoms with Crippen LogP contribution in [0.3, 0.4) is 0 Å². The van der Waals surface area contributed by atoms with Crippen LogP contribution in [0.5, 0.6) is 0 Å². The number of thiophene rings is 1. The highest BCUT2D eigenvalue weighted by molar-refractivity contribution is 7.07. The molecule has 0 fully saturated rings. The van der Waals surface area contributed by atoms with Crippen LogP contribution in [0.4, 0.5) is 0 Å². The van der Waals surface area contributed by atoms with Gasteiger partial charge in [-0.05, 0) is 40.6 Å². The van der Waals surface area contributed by atoms with Crippen molar-refractivity contribution in [1.82, 2.24) is 5.43 Å². The van der Waals surface area contributed by atoms with Crippen LogP contribution in [0.1, 0.15) is 45.2 Å². The van der Waals surface area contributed by atoms with E-state index in [1.807, 2.05) is 0 Å². The number of hydrogen-bond donors (Lipinski definition) is 2. The van der Waals surface area contributed by atoms with E-state index in [0.717, 1.165) is 6.42 Å². The summed E-state index contributed by atoms with van der Waals surface area (Å²) >= 11 is 1.72. The molecular formula is C11H20N2S. The monoisotopic (exact) mass is 212 g/mol. The summed E-state index contributed by atoms with van der Waals surface area (Å²) in [5, 5.41) is 4.25. The normalized spacial score (nSPS) is 14.3. The fourth-order valence-corrected chi connectivity index (χ4v) is 2.11. The predicted octanol–water partition coefficient (Wildman–Crippen LogP) is 3.08. The van der Waals surface area contributed by atoms with Crippen LogP contribution in [0.25, 0.3) is 0 Å². The Kier molecular flexibility index (Phi) is 4.11. The average molecular weight is 212 g/mol. The minimum Gasteiger partial charge on any atom is -0.271 e. The Morgan fingerprint density at radius 3 is 2.64 bits per heavy atom. The molecule has 3 heteroatoms. The van der Waals surface area contributed by atoms with Gasteiger partial charge in [-0.1, -0.05) is 20.8 Å². The van der Waals surface area contributed by atoms with Gasteiger partial charge in [-0.25, -0.2) is 0 Å². The fourth-order valence-electron chi connectivity index (χ4n) is 1.40. The maximum atomic E-state index is 5.55. The predicted molar refractivity (Wildman–Crippen MR) is 63.1 cm³/mol. The lowest BCUT2D eigenvalue weighted by molar-refractivity contribution is 0.333. The molecule has 14 heavy (non-hydrogen) atoms. The first-order valence-electron chi connectivity index (χ1n) is 5.01. The van der Waals surface area contributed by atoms with Crippen molar-refractivity contribution in [1.29, 1.82) is 0 Å². The van der Waals surface area contributed by atoms with E-state index in [2.05, 4.69) is 43.0 Å². The van der Waals surface area contributed by atoms with E-state index in [9.17, 15) is 0 Å². The molecule has 3 N–H and O–H groups in total. The molecule has 1 aromatic rings. The van der Waals surface area contributed by atoms with Gasteiger partial charge in [-0.2, -0.15) is 11.3 Å². The Morgan fingerprint density at radius 1 is 1.50 bits per heavy atom. The third-order valence-corrected chi connectivity index (χ3v) is 3.03. The van der Waals surface area contributed by atoms with E-state index in [1.54, 1.807) is 11.3 Å². The first kappa shape index (κ1) is 11.7. The van der Waals surface area contributed by atoms with Crippen LogP contribution in [0.15, 0.2) is 16.8 Å². The molecule has 0 saturated heterocycles. The van der Waals surface area contributed by atoms with Crippen molar-refractivity contribution < 1.29 is 0 Å². The summed E-state index contributed by atoms with van der Waals surface area (Å²) < 4.78 is 0. The molecule has 0 amide bonds. The highest BCUT2D eigenvalue weighted by atomic mass is 32.1. The van der Waals surface area contributed by atoms with Crippen LogP contribution in [-0.4, -0.2) is 0 Å². The van der Waals surface area contributed by atoms with E-state index >= 15 is 0 Å². The van der Waals surface area contributed by atoms with Gasteiger partial charge in [0.2, 0.25) is 0 Å². The van der Waals surface area contributed by atoms with Gasteiger partial charge in [0, 0.05) is 6.04 Å². The molecule has 0 saturated carbocycles. The standard InChI is InChI=1S/C11H20N2S/c1-11(2,3)6-4-10(13-12)9-5-7-14-8-9/h5,7-8,10,13H,4,6,12H2,1-3H3. The van der Waals surface area contributed by atoms with Crippen LogP contribution < -0.4 is 11.3 Å². The maximum Gasteiger partial charge on any atom is 0.0468 e. The molecule has 0 radical (unpaired) electrons. The Labute approximate surface area is 90.5 Å². The second-order valence-corrected chi connectivity index (χ2v) is 5.66. The quantitative estimate of drug-likeness (QED) is 0.594. The van der Waals surface area contributed by atoms with Crippen molar-refractivity contribution in [2.75, 3.05) is 0 Å². The minimum absolute atomic E-state index is 0.306. The summed E-state index contributed by atoms with van der Waals surface area (Å²) in [6.45, 7) is 6.77. The molecule has 2 nitrogen and oxygen atoms in total. The Hall–Kier alpha value is -0.380. The second kappa shape index (κ2) is 4.91. The lowest BCUT2D eigenvalue weighted by Gasteiger charge is -2.22. The summed E-state index contributed by atoms with van der Waals surface area (Å²) in [7, 11) is 0. The third-order valence-electron chi connectivity index (χ3n) is 2.33. The van der Waals surface area contributed by atoms with Gasteiger partial charge >= 0.3 is 0 Å². The van der Waals surface area contributed by atoms with Crippen LogP contribution in [-0.2, 0) is 0 Å². The lowest BCUT2D eigenvalue weighted by Crippen LogP contribution is -2.28. The molecule has 80 valence electrons. The molecule has 0 aromatic carbocycles. The third kappa shape index (κ3) is 3.78. The number of rotatable bonds is 4. The molecule has 1 unspecified atom stereocenters. The van der Waals surface area contributed by atoms with E-state index < -0.39 is 0 Å². The van der Waals surface area contributed by atoms with Gasteiger partial charge in [-0.3, -0.25) is 11.3 Å². The summed E-state index contributed by atoms with van der Waals surface area (Å²) in [6, 6.07) is 2.44. The molecule has 1 rings (SSSR count). The Bertz CT molecular complexity index is 249. The zero-order chi connectivity index (χ0) is 10.6. The van der Waals surface area contributed by atoms with Crippen molar-refractivity contribution in [2.45, 2.75) is 39.7 Å². The van der Waals surface area contributed by atoms with E-state index in [1.165, 1.54) is 12.0 Å². The Morgan fingerprint density at radius 2 is 2.21 bits per heavy atom. The van der Waals surface area contributed by atoms with E-state index in [4.69, 9.17) is 5.84 Å². The van der Waals surface area contributed by atoms with Crippen molar-refractivity contribution in [3.63, 3.8) is 0 Å². The number of nitrogens with two attached hydrogens (primary N) is 1. The SMILES string of the molecule is CC(C)(C)CCC(NN)c1ccsc1. The number of nitrogens with one attached hydrogen (secondary N) is 1. The lowest BCUT2D eigenvalue weighted by atomic mass is 9.88. The van der Waals surface area contributed by atoms with Gasteiger partial charge in [0.05, 0.1) is 0 Å². The number of hydrogen-bond acceptors (Lipinski definition) is 3. The fraction of sp³-hybridized carbons (Fsp3) is 0.636. The minimum atomic E-state index is 0.306. The smallest absolute Gasteiger partial charge is 0.0468 e. The van der Waals surface area contributed by atoms with Gasteiger partial charge in [-0.15, -0.1) is 0 Å². The molecule has 0 spiro atoms. The largest absolute Gasteiger partial charge is 0.271 e. The van der Waals surface area contributed by atoms with Crippen LogP contribution in [0, 0.1) is 5.41 Å². The zero-order valence-corrected chi connectivity index (χ0v) is 10.0. The van der Waals surface area contributed by atoms with E-state index in [0.29, 0.717) is 11.5 Å². The molecule has 1 atom stereocenters. The Balaban J connectivity index is 2.49. The van der Waals surface area contributed by atoms with Crippen molar-refractivity contribution in [3.05, 3.63) is 22.4 Å². The van der Waals surface area contributed by atoms with Crippen molar-refractivity contribution >= 4 is 11.3 Å². The summed E-state index contributed by atoms with van der Waals surface area (Å²) in [5.74, 6) is 5.55. The van der Waals surface area contributed by atoms with Gasteiger partial charge in [0.25, 0.3) is 0 Å². The van der Waals surface area contributed by atoms with E-state index in [-0.39, 0.29) is 0 Å². The van der Waals surface area contributed by atoms with Crippen LogP contribution in [0.2, 0.25) is 0 Å². The summed E-state index contributed by atoms with van der Waals surface area (Å²) in [6.07, 6.45) is 2.27. The summed E-state index contributed by atoms with van der Waals surface area (Å²) in [5.41, 5.74) is 4.57.